The Morgan fingerprint density at radius 2 is 2.13 bits per heavy atom. The predicted molar refractivity (Wildman–Crippen MR) is 87.0 cm³/mol. The largest absolute Gasteiger partial charge is 0.331 e. The molecule has 0 radical (unpaired) electrons. The summed E-state index contributed by atoms with van der Waals surface area (Å²) in [5.41, 5.74) is 1.87. The van der Waals surface area contributed by atoms with Gasteiger partial charge in [-0.15, -0.1) is 5.10 Å². The summed E-state index contributed by atoms with van der Waals surface area (Å²) in [6.45, 7) is 2.31. The van der Waals surface area contributed by atoms with Crippen LogP contribution in [0.5, 0.6) is 0 Å². The minimum atomic E-state index is -0.256. The van der Waals surface area contributed by atoms with Crippen molar-refractivity contribution in [1.29, 1.82) is 0 Å². The molecule has 0 atom stereocenters. The molecule has 23 heavy (non-hydrogen) atoms. The number of urea groups is 1. The van der Waals surface area contributed by atoms with Gasteiger partial charge < -0.3 is 10.6 Å². The second-order valence-corrected chi connectivity index (χ2v) is 6.01. The van der Waals surface area contributed by atoms with E-state index in [-0.39, 0.29) is 6.03 Å². The van der Waals surface area contributed by atoms with Gasteiger partial charge in [-0.25, -0.2) is 9.48 Å². The van der Waals surface area contributed by atoms with Crippen molar-refractivity contribution in [2.75, 3.05) is 5.32 Å². The Morgan fingerprint density at radius 3 is 2.91 bits per heavy atom. The standard InChI is InChI=1S/C16H22N6O/c1-12-6-5-7-13(10-12)18-16(23)17-11-15-19-20-21-22(15)14-8-3-2-4-9-14/h5-7,10,14H,2-4,8-9,11H2,1H3,(H2,17,18,23). The van der Waals surface area contributed by atoms with Gasteiger partial charge in [0.1, 0.15) is 0 Å². The number of benzene rings is 1. The number of carbonyl (C=O) groups excluding carboxylic acids is 1. The Balaban J connectivity index is 1.56. The van der Waals surface area contributed by atoms with E-state index in [1.54, 1.807) is 0 Å². The van der Waals surface area contributed by atoms with Crippen LogP contribution in [0.25, 0.3) is 0 Å². The van der Waals surface area contributed by atoms with E-state index in [4.69, 9.17) is 0 Å². The minimum absolute atomic E-state index is 0.256. The molecule has 0 unspecified atom stereocenters. The van der Waals surface area contributed by atoms with E-state index < -0.39 is 0 Å². The zero-order chi connectivity index (χ0) is 16.1. The molecule has 7 heteroatoms. The summed E-state index contributed by atoms with van der Waals surface area (Å²) >= 11 is 0. The normalized spacial score (nSPS) is 15.3. The predicted octanol–water partition coefficient (Wildman–Crippen LogP) is 2.81. The molecular weight excluding hydrogens is 292 g/mol. The highest BCUT2D eigenvalue weighted by molar-refractivity contribution is 5.89. The second-order valence-electron chi connectivity index (χ2n) is 6.01. The monoisotopic (exact) mass is 314 g/mol. The average Bonchev–Trinajstić information content (AvgIpc) is 3.02. The molecule has 7 nitrogen and oxygen atoms in total. The molecule has 1 aromatic carbocycles. The Labute approximate surface area is 135 Å². The summed E-state index contributed by atoms with van der Waals surface area (Å²) in [6, 6.07) is 7.78. The molecule has 1 saturated carbocycles. The summed E-state index contributed by atoms with van der Waals surface area (Å²) in [6.07, 6.45) is 5.92. The smallest absolute Gasteiger partial charge is 0.319 e. The third-order valence-corrected chi connectivity index (χ3v) is 4.16. The number of hydrogen-bond acceptors (Lipinski definition) is 4. The Morgan fingerprint density at radius 1 is 1.30 bits per heavy atom. The zero-order valence-electron chi connectivity index (χ0n) is 13.3. The van der Waals surface area contributed by atoms with E-state index in [9.17, 15) is 4.79 Å². The molecule has 2 aromatic rings. The van der Waals surface area contributed by atoms with Crippen LogP contribution in [0.15, 0.2) is 24.3 Å². The van der Waals surface area contributed by atoms with Crippen LogP contribution in [0, 0.1) is 6.92 Å². The lowest BCUT2D eigenvalue weighted by atomic mass is 9.96. The minimum Gasteiger partial charge on any atom is -0.331 e. The lowest BCUT2D eigenvalue weighted by molar-refractivity contribution is 0.250. The fourth-order valence-electron chi connectivity index (χ4n) is 3.00. The number of carbonyl (C=O) groups is 1. The Kier molecular flexibility index (Phi) is 4.85. The highest BCUT2D eigenvalue weighted by Crippen LogP contribution is 2.27. The molecule has 0 spiro atoms. The number of anilines is 1. The zero-order valence-corrected chi connectivity index (χ0v) is 13.3. The van der Waals surface area contributed by atoms with E-state index >= 15 is 0 Å². The molecule has 1 fully saturated rings. The number of nitrogens with one attached hydrogen (secondary N) is 2. The fraction of sp³-hybridized carbons (Fsp3) is 0.500. The van der Waals surface area contributed by atoms with Crippen molar-refractivity contribution in [3.63, 3.8) is 0 Å². The van der Waals surface area contributed by atoms with Gasteiger partial charge in [0.2, 0.25) is 0 Å². The lowest BCUT2D eigenvalue weighted by Gasteiger charge is -2.22. The average molecular weight is 314 g/mol. The third kappa shape index (κ3) is 4.06. The summed E-state index contributed by atoms with van der Waals surface area (Å²) in [7, 11) is 0. The molecule has 1 heterocycles. The van der Waals surface area contributed by atoms with Crippen molar-refractivity contribution in [3.8, 4) is 0 Å². The van der Waals surface area contributed by atoms with Crippen LogP contribution in [-0.4, -0.2) is 26.2 Å². The highest BCUT2D eigenvalue weighted by atomic mass is 16.2. The first-order valence-electron chi connectivity index (χ1n) is 8.10. The summed E-state index contributed by atoms with van der Waals surface area (Å²) in [5.74, 6) is 0.705. The maximum Gasteiger partial charge on any atom is 0.319 e. The van der Waals surface area contributed by atoms with Crippen LogP contribution >= 0.6 is 0 Å². The van der Waals surface area contributed by atoms with Gasteiger partial charge in [0, 0.05) is 5.69 Å². The van der Waals surface area contributed by atoms with Crippen LogP contribution in [-0.2, 0) is 6.54 Å². The van der Waals surface area contributed by atoms with Crippen molar-refractivity contribution in [3.05, 3.63) is 35.7 Å². The van der Waals surface area contributed by atoms with Gasteiger partial charge in [0.05, 0.1) is 12.6 Å². The molecule has 0 aliphatic heterocycles. The van der Waals surface area contributed by atoms with Gasteiger partial charge in [-0.3, -0.25) is 0 Å². The quantitative estimate of drug-likeness (QED) is 0.908. The number of aryl methyl sites for hydroxylation is 1. The van der Waals surface area contributed by atoms with Crippen LogP contribution in [0.1, 0.15) is 49.5 Å². The Bertz CT molecular complexity index is 662. The van der Waals surface area contributed by atoms with E-state index in [0.717, 1.165) is 24.1 Å². The summed E-state index contributed by atoms with van der Waals surface area (Å²) < 4.78 is 1.87. The molecule has 1 aliphatic carbocycles. The van der Waals surface area contributed by atoms with Crippen LogP contribution < -0.4 is 10.6 Å². The van der Waals surface area contributed by atoms with Crippen molar-refractivity contribution in [2.24, 2.45) is 0 Å². The fourth-order valence-corrected chi connectivity index (χ4v) is 3.00. The molecule has 2 amide bonds. The molecule has 0 saturated heterocycles. The number of hydrogen-bond donors (Lipinski definition) is 2. The van der Waals surface area contributed by atoms with Gasteiger partial charge in [0.15, 0.2) is 5.82 Å². The number of amides is 2. The van der Waals surface area contributed by atoms with Gasteiger partial charge in [-0.2, -0.15) is 0 Å². The maximum atomic E-state index is 12.0. The second kappa shape index (κ2) is 7.21. The first-order valence-corrected chi connectivity index (χ1v) is 8.10. The molecule has 1 aromatic heterocycles. The van der Waals surface area contributed by atoms with E-state index in [1.165, 1.54) is 19.3 Å². The van der Waals surface area contributed by atoms with Gasteiger partial charge in [0.25, 0.3) is 0 Å². The molecule has 1 aliphatic rings. The van der Waals surface area contributed by atoms with E-state index in [1.807, 2.05) is 35.9 Å². The van der Waals surface area contributed by atoms with E-state index in [0.29, 0.717) is 18.4 Å². The number of rotatable bonds is 4. The van der Waals surface area contributed by atoms with Gasteiger partial charge in [-0.05, 0) is 47.9 Å². The molecule has 2 N–H and O–H groups in total. The van der Waals surface area contributed by atoms with Crippen LogP contribution in [0.3, 0.4) is 0 Å². The van der Waals surface area contributed by atoms with E-state index in [2.05, 4.69) is 26.2 Å². The van der Waals surface area contributed by atoms with Crippen molar-refractivity contribution < 1.29 is 4.79 Å². The molecule has 0 bridgehead atoms. The lowest BCUT2D eigenvalue weighted by Crippen LogP contribution is -2.30. The number of nitrogens with zero attached hydrogens (tertiary/aromatic N) is 4. The van der Waals surface area contributed by atoms with Crippen molar-refractivity contribution >= 4 is 11.7 Å². The van der Waals surface area contributed by atoms with Crippen molar-refractivity contribution in [2.45, 2.75) is 51.6 Å². The number of tetrazole rings is 1. The maximum absolute atomic E-state index is 12.0. The summed E-state index contributed by atoms with van der Waals surface area (Å²) in [5, 5.41) is 17.5. The molecule has 3 rings (SSSR count). The Hall–Kier alpha value is -2.44. The SMILES string of the molecule is Cc1cccc(NC(=O)NCc2nnnn2C2CCCCC2)c1. The highest BCUT2D eigenvalue weighted by Gasteiger charge is 2.20. The first kappa shape index (κ1) is 15.5. The molecular formula is C16H22N6O. The van der Waals surface area contributed by atoms with Gasteiger partial charge in [-0.1, -0.05) is 31.4 Å². The van der Waals surface area contributed by atoms with Crippen LogP contribution in [0.2, 0.25) is 0 Å². The van der Waals surface area contributed by atoms with Crippen LogP contribution in [0.4, 0.5) is 10.5 Å². The first-order chi connectivity index (χ1) is 11.2. The third-order valence-electron chi connectivity index (χ3n) is 4.16. The number of aromatic nitrogens is 4. The molecule has 122 valence electrons. The van der Waals surface area contributed by atoms with Gasteiger partial charge >= 0.3 is 6.03 Å². The van der Waals surface area contributed by atoms with Crippen molar-refractivity contribution in [1.82, 2.24) is 25.5 Å². The summed E-state index contributed by atoms with van der Waals surface area (Å²) in [4.78, 5) is 12.0. The topological polar surface area (TPSA) is 84.7 Å².